The second-order valence-electron chi connectivity index (χ2n) is 4.88. The highest BCUT2D eigenvalue weighted by atomic mass is 16.8. The second-order valence-corrected chi connectivity index (χ2v) is 4.88. The Kier molecular flexibility index (Phi) is 2.92. The van der Waals surface area contributed by atoms with Crippen LogP contribution in [0.25, 0.3) is 5.57 Å². The van der Waals surface area contributed by atoms with Crippen molar-refractivity contribution in [3.63, 3.8) is 0 Å². The van der Waals surface area contributed by atoms with Crippen LogP contribution in [-0.2, 0) is 19.0 Å². The Balaban J connectivity index is 2.05. The van der Waals surface area contributed by atoms with Gasteiger partial charge in [-0.25, -0.2) is 0 Å². The summed E-state index contributed by atoms with van der Waals surface area (Å²) in [5.74, 6) is -0.918. The summed E-state index contributed by atoms with van der Waals surface area (Å²) >= 11 is 0. The van der Waals surface area contributed by atoms with E-state index in [1.165, 1.54) is 0 Å². The Morgan fingerprint density at radius 2 is 1.79 bits per heavy atom. The maximum absolute atomic E-state index is 12.4. The lowest BCUT2D eigenvalue weighted by Gasteiger charge is -2.39. The molecule has 1 fully saturated rings. The van der Waals surface area contributed by atoms with E-state index in [1.807, 2.05) is 44.2 Å². The van der Waals surface area contributed by atoms with E-state index in [0.29, 0.717) is 24.5 Å². The average molecular weight is 260 g/mol. The van der Waals surface area contributed by atoms with Crippen molar-refractivity contribution in [2.45, 2.75) is 25.7 Å². The van der Waals surface area contributed by atoms with Gasteiger partial charge >= 0.3 is 0 Å². The van der Waals surface area contributed by atoms with Crippen molar-refractivity contribution in [2.24, 2.45) is 0 Å². The molecule has 0 unspecified atom stereocenters. The summed E-state index contributed by atoms with van der Waals surface area (Å²) in [5.41, 5.74) is 1.41. The largest absolute Gasteiger partial charge is 0.488 e. The molecule has 19 heavy (non-hydrogen) atoms. The summed E-state index contributed by atoms with van der Waals surface area (Å²) in [4.78, 5) is 12.4. The number of carbonyl (C=O) groups is 1. The summed E-state index contributed by atoms with van der Waals surface area (Å²) in [6.45, 7) is 4.67. The highest BCUT2D eigenvalue weighted by Crippen LogP contribution is 2.47. The first-order valence-electron chi connectivity index (χ1n) is 6.44. The highest BCUT2D eigenvalue weighted by molar-refractivity contribution is 6.33. The van der Waals surface area contributed by atoms with Gasteiger partial charge in [-0.3, -0.25) is 4.79 Å². The molecular weight excluding hydrogens is 244 g/mol. The molecule has 1 aromatic carbocycles. The van der Waals surface area contributed by atoms with Crippen LogP contribution in [-0.4, -0.2) is 30.9 Å². The highest BCUT2D eigenvalue weighted by Gasteiger charge is 2.61. The number of carbonyl (C=O) groups excluding carboxylic acids is 1. The molecule has 4 nitrogen and oxygen atoms in total. The van der Waals surface area contributed by atoms with Crippen LogP contribution in [0.2, 0.25) is 0 Å². The molecule has 4 heteroatoms. The molecule has 0 radical (unpaired) electrons. The number of benzene rings is 1. The molecule has 1 aliphatic heterocycles. The fourth-order valence-electron chi connectivity index (χ4n) is 2.39. The zero-order valence-electron chi connectivity index (χ0n) is 11.0. The third kappa shape index (κ3) is 1.79. The number of ether oxygens (including phenoxy) is 3. The minimum atomic E-state index is -1.28. The molecule has 0 atom stereocenters. The summed E-state index contributed by atoms with van der Waals surface area (Å²) in [5, 5.41) is 0. The normalized spacial score (nSPS) is 21.1. The van der Waals surface area contributed by atoms with Crippen molar-refractivity contribution in [1.82, 2.24) is 0 Å². The molecule has 0 amide bonds. The molecule has 2 aliphatic rings. The first kappa shape index (κ1) is 12.4. The topological polar surface area (TPSA) is 44.8 Å². The van der Waals surface area contributed by atoms with Crippen molar-refractivity contribution in [3.05, 3.63) is 41.7 Å². The van der Waals surface area contributed by atoms with Crippen LogP contribution in [0.3, 0.4) is 0 Å². The SMILES string of the molecule is CC(C)OC1=C(c2ccccc2)C(=O)C12OCCO2. The molecule has 100 valence electrons. The lowest BCUT2D eigenvalue weighted by molar-refractivity contribution is -0.184. The fraction of sp³-hybridized carbons (Fsp3) is 0.400. The summed E-state index contributed by atoms with van der Waals surface area (Å²) in [6.07, 6.45) is -0.0357. The predicted octanol–water partition coefficient (Wildman–Crippen LogP) is 2.15. The van der Waals surface area contributed by atoms with Crippen molar-refractivity contribution < 1.29 is 19.0 Å². The minimum Gasteiger partial charge on any atom is -0.488 e. The van der Waals surface area contributed by atoms with E-state index in [2.05, 4.69) is 0 Å². The minimum absolute atomic E-state index is 0.0357. The first-order chi connectivity index (χ1) is 9.15. The van der Waals surface area contributed by atoms with Crippen LogP contribution in [0.1, 0.15) is 19.4 Å². The zero-order chi connectivity index (χ0) is 13.5. The van der Waals surface area contributed by atoms with Gasteiger partial charge < -0.3 is 14.2 Å². The second kappa shape index (κ2) is 4.47. The van der Waals surface area contributed by atoms with Crippen molar-refractivity contribution in [3.8, 4) is 0 Å². The molecule has 0 bridgehead atoms. The summed E-state index contributed by atoms with van der Waals surface area (Å²) < 4.78 is 16.8. The quantitative estimate of drug-likeness (QED) is 0.835. The van der Waals surface area contributed by atoms with Crippen molar-refractivity contribution in [2.75, 3.05) is 13.2 Å². The first-order valence-corrected chi connectivity index (χ1v) is 6.44. The van der Waals surface area contributed by atoms with Crippen molar-refractivity contribution in [1.29, 1.82) is 0 Å². The molecule has 0 aromatic heterocycles. The van der Waals surface area contributed by atoms with Gasteiger partial charge in [0.2, 0.25) is 5.78 Å². The van der Waals surface area contributed by atoms with E-state index >= 15 is 0 Å². The number of ketones is 1. The van der Waals surface area contributed by atoms with E-state index in [9.17, 15) is 4.79 Å². The molecule has 1 saturated heterocycles. The Morgan fingerprint density at radius 1 is 1.16 bits per heavy atom. The van der Waals surface area contributed by atoms with Gasteiger partial charge in [-0.1, -0.05) is 30.3 Å². The third-order valence-corrected chi connectivity index (χ3v) is 3.16. The molecular formula is C15H16O4. The number of rotatable bonds is 3. The molecule has 1 aliphatic carbocycles. The van der Waals surface area contributed by atoms with E-state index in [-0.39, 0.29) is 11.9 Å². The molecule has 1 spiro atoms. The van der Waals surface area contributed by atoms with Crippen LogP contribution in [0, 0.1) is 0 Å². The van der Waals surface area contributed by atoms with Gasteiger partial charge in [-0.15, -0.1) is 0 Å². The van der Waals surface area contributed by atoms with Crippen LogP contribution in [0.15, 0.2) is 36.1 Å². The fourth-order valence-corrected chi connectivity index (χ4v) is 2.39. The van der Waals surface area contributed by atoms with Crippen molar-refractivity contribution >= 4 is 11.4 Å². The zero-order valence-corrected chi connectivity index (χ0v) is 11.0. The Labute approximate surface area is 112 Å². The number of hydrogen-bond donors (Lipinski definition) is 0. The van der Waals surface area contributed by atoms with Gasteiger partial charge in [0.05, 0.1) is 24.9 Å². The molecule has 1 heterocycles. The Bertz CT molecular complexity index is 524. The van der Waals surface area contributed by atoms with Crippen LogP contribution >= 0.6 is 0 Å². The lowest BCUT2D eigenvalue weighted by atomic mass is 9.82. The van der Waals surface area contributed by atoms with Crippen LogP contribution in [0.4, 0.5) is 0 Å². The van der Waals surface area contributed by atoms with Crippen LogP contribution in [0.5, 0.6) is 0 Å². The van der Waals surface area contributed by atoms with Crippen LogP contribution < -0.4 is 0 Å². The number of Topliss-reactive ketones (excluding diaryl/α,β-unsaturated/α-hetero) is 1. The molecule has 3 rings (SSSR count). The average Bonchev–Trinajstić information content (AvgIpc) is 2.91. The molecule has 0 saturated carbocycles. The van der Waals surface area contributed by atoms with Gasteiger partial charge in [0.25, 0.3) is 5.79 Å². The van der Waals surface area contributed by atoms with E-state index < -0.39 is 5.79 Å². The van der Waals surface area contributed by atoms with E-state index in [1.54, 1.807) is 0 Å². The van der Waals surface area contributed by atoms with Gasteiger partial charge in [0.15, 0.2) is 5.76 Å². The maximum atomic E-state index is 12.4. The van der Waals surface area contributed by atoms with Gasteiger partial charge in [-0.2, -0.15) is 0 Å². The Morgan fingerprint density at radius 3 is 2.37 bits per heavy atom. The van der Waals surface area contributed by atoms with Gasteiger partial charge in [0.1, 0.15) is 0 Å². The summed E-state index contributed by atoms with van der Waals surface area (Å²) in [7, 11) is 0. The predicted molar refractivity (Wildman–Crippen MR) is 69.2 cm³/mol. The maximum Gasteiger partial charge on any atom is 0.295 e. The van der Waals surface area contributed by atoms with E-state index in [4.69, 9.17) is 14.2 Å². The van der Waals surface area contributed by atoms with Gasteiger partial charge in [0, 0.05) is 0 Å². The summed E-state index contributed by atoms with van der Waals surface area (Å²) in [6, 6.07) is 9.47. The standard InChI is InChI=1S/C15H16O4/c1-10(2)19-14-12(11-6-4-3-5-7-11)13(16)15(14)17-8-9-18-15/h3-7,10H,8-9H2,1-2H3. The molecule has 0 N–H and O–H groups in total. The number of hydrogen-bond acceptors (Lipinski definition) is 4. The van der Waals surface area contributed by atoms with E-state index in [0.717, 1.165) is 5.56 Å². The molecule has 1 aromatic rings. The van der Waals surface area contributed by atoms with Gasteiger partial charge in [-0.05, 0) is 19.4 Å². The third-order valence-electron chi connectivity index (χ3n) is 3.16. The lowest BCUT2D eigenvalue weighted by Crippen LogP contribution is -2.52. The Hall–Kier alpha value is -1.65. The smallest absolute Gasteiger partial charge is 0.295 e. The monoisotopic (exact) mass is 260 g/mol.